The Hall–Kier alpha value is -3.81. The zero-order valence-electron chi connectivity index (χ0n) is 16.6. The molecule has 8 heteroatoms. The first-order chi connectivity index (χ1) is 14.6. The molecule has 0 unspecified atom stereocenters. The highest BCUT2D eigenvalue weighted by atomic mass is 16.5. The molecule has 0 bridgehead atoms. The van der Waals surface area contributed by atoms with Gasteiger partial charge in [-0.25, -0.2) is 0 Å². The molecule has 0 atom stereocenters. The average Bonchev–Trinajstić information content (AvgIpc) is 3.19. The van der Waals surface area contributed by atoms with Crippen LogP contribution < -0.4 is 15.4 Å². The fourth-order valence-electron chi connectivity index (χ4n) is 2.94. The zero-order valence-corrected chi connectivity index (χ0v) is 16.6. The average molecular weight is 409 g/mol. The maximum absolute atomic E-state index is 12.0. The Labute approximate surface area is 173 Å². The number of aromatic nitrogens is 1. The Morgan fingerprint density at radius 3 is 2.70 bits per heavy atom. The van der Waals surface area contributed by atoms with E-state index in [1.807, 2.05) is 30.5 Å². The van der Waals surface area contributed by atoms with Crippen LogP contribution in [0.25, 0.3) is 10.9 Å². The van der Waals surface area contributed by atoms with Crippen molar-refractivity contribution in [3.8, 4) is 5.75 Å². The van der Waals surface area contributed by atoms with Crippen molar-refractivity contribution < 1.29 is 23.9 Å². The van der Waals surface area contributed by atoms with Gasteiger partial charge in [0, 0.05) is 29.2 Å². The second-order valence-electron chi connectivity index (χ2n) is 6.53. The van der Waals surface area contributed by atoms with Crippen LogP contribution in [0.3, 0.4) is 0 Å². The predicted molar refractivity (Wildman–Crippen MR) is 111 cm³/mol. The van der Waals surface area contributed by atoms with Gasteiger partial charge in [0.05, 0.1) is 7.11 Å². The molecule has 0 radical (unpaired) electrons. The lowest BCUT2D eigenvalue weighted by Gasteiger charge is -2.08. The normalized spacial score (nSPS) is 10.4. The number of aromatic amines is 1. The minimum absolute atomic E-state index is 0.335. The molecule has 0 saturated carbocycles. The molecule has 8 nitrogen and oxygen atoms in total. The second-order valence-corrected chi connectivity index (χ2v) is 6.53. The number of fused-ring (bicyclic) bond motifs is 1. The quantitative estimate of drug-likeness (QED) is 0.467. The van der Waals surface area contributed by atoms with Gasteiger partial charge in [-0.3, -0.25) is 14.4 Å². The minimum Gasteiger partial charge on any atom is -0.497 e. The van der Waals surface area contributed by atoms with Gasteiger partial charge in [0.15, 0.2) is 6.61 Å². The van der Waals surface area contributed by atoms with Crippen molar-refractivity contribution in [2.45, 2.75) is 6.42 Å². The third-order valence-electron chi connectivity index (χ3n) is 4.48. The van der Waals surface area contributed by atoms with Crippen LogP contribution >= 0.6 is 0 Å². The first-order valence-corrected chi connectivity index (χ1v) is 9.46. The lowest BCUT2D eigenvalue weighted by Crippen LogP contribution is -2.34. The van der Waals surface area contributed by atoms with Crippen molar-refractivity contribution in [3.63, 3.8) is 0 Å². The van der Waals surface area contributed by atoms with Crippen LogP contribution in [0.1, 0.15) is 15.9 Å². The molecule has 3 N–H and O–H groups in total. The number of hydrogen-bond acceptors (Lipinski definition) is 5. The van der Waals surface area contributed by atoms with E-state index in [9.17, 15) is 14.4 Å². The molecule has 2 aromatic carbocycles. The van der Waals surface area contributed by atoms with Crippen molar-refractivity contribution in [2.24, 2.45) is 0 Å². The molecular weight excluding hydrogens is 386 g/mol. The number of H-pyrrole nitrogens is 1. The van der Waals surface area contributed by atoms with E-state index in [-0.39, 0.29) is 6.54 Å². The maximum atomic E-state index is 12.0. The molecule has 0 aliphatic heterocycles. The fourth-order valence-corrected chi connectivity index (χ4v) is 2.94. The van der Waals surface area contributed by atoms with Crippen LogP contribution in [0.4, 0.5) is 0 Å². The van der Waals surface area contributed by atoms with E-state index in [2.05, 4.69) is 15.6 Å². The van der Waals surface area contributed by atoms with Crippen molar-refractivity contribution in [1.29, 1.82) is 0 Å². The van der Waals surface area contributed by atoms with Crippen LogP contribution in [0.2, 0.25) is 0 Å². The van der Waals surface area contributed by atoms with Crippen molar-refractivity contribution in [3.05, 3.63) is 65.9 Å². The number of para-hydroxylation sites is 1. The van der Waals surface area contributed by atoms with E-state index in [4.69, 9.17) is 9.47 Å². The molecule has 0 fully saturated rings. The van der Waals surface area contributed by atoms with E-state index in [1.165, 1.54) is 7.11 Å². The third-order valence-corrected chi connectivity index (χ3v) is 4.48. The van der Waals surface area contributed by atoms with Gasteiger partial charge in [-0.05, 0) is 36.2 Å². The number of esters is 1. The van der Waals surface area contributed by atoms with Gasteiger partial charge in [-0.2, -0.15) is 0 Å². The number of rotatable bonds is 9. The summed E-state index contributed by atoms with van der Waals surface area (Å²) in [6.07, 6.45) is 2.57. The molecule has 0 aliphatic carbocycles. The highest BCUT2D eigenvalue weighted by Crippen LogP contribution is 2.17. The number of methoxy groups -OCH3 is 1. The van der Waals surface area contributed by atoms with Gasteiger partial charge >= 0.3 is 5.97 Å². The Balaban J connectivity index is 1.35. The SMILES string of the molecule is COc1cccc(C(=O)NCC(=O)OCC(=O)NCCc2c[nH]c3ccccc23)c1. The van der Waals surface area contributed by atoms with E-state index in [1.54, 1.807) is 24.3 Å². The molecular formula is C22H23N3O5. The first-order valence-electron chi connectivity index (χ1n) is 9.46. The van der Waals surface area contributed by atoms with Gasteiger partial charge in [-0.15, -0.1) is 0 Å². The summed E-state index contributed by atoms with van der Waals surface area (Å²) in [6, 6.07) is 14.5. The number of hydrogen-bond donors (Lipinski definition) is 3. The van der Waals surface area contributed by atoms with E-state index < -0.39 is 24.4 Å². The summed E-state index contributed by atoms with van der Waals surface area (Å²) in [4.78, 5) is 38.9. The van der Waals surface area contributed by atoms with Crippen LogP contribution in [-0.2, 0) is 20.7 Å². The fraction of sp³-hybridized carbons (Fsp3) is 0.227. The third kappa shape index (κ3) is 5.60. The Morgan fingerprint density at radius 2 is 1.87 bits per heavy atom. The summed E-state index contributed by atoms with van der Waals surface area (Å²) in [6.45, 7) is -0.314. The number of amides is 2. The van der Waals surface area contributed by atoms with Crippen molar-refractivity contribution >= 4 is 28.7 Å². The van der Waals surface area contributed by atoms with E-state index in [0.717, 1.165) is 16.5 Å². The van der Waals surface area contributed by atoms with Crippen molar-refractivity contribution in [2.75, 3.05) is 26.8 Å². The summed E-state index contributed by atoms with van der Waals surface area (Å²) >= 11 is 0. The van der Waals surface area contributed by atoms with Gasteiger partial charge in [0.25, 0.3) is 11.8 Å². The topological polar surface area (TPSA) is 110 Å². The molecule has 156 valence electrons. The standard InChI is InChI=1S/C22H23N3O5/c1-29-17-6-4-5-15(11-17)22(28)25-13-21(27)30-14-20(26)23-10-9-16-12-24-19-8-3-2-7-18(16)19/h2-8,11-12,24H,9-10,13-14H2,1H3,(H,23,26)(H,25,28). The molecule has 0 spiro atoms. The summed E-state index contributed by atoms with van der Waals surface area (Å²) in [5.74, 6) is -0.996. The van der Waals surface area contributed by atoms with Crippen LogP contribution in [0, 0.1) is 0 Å². The summed E-state index contributed by atoms with van der Waals surface area (Å²) in [5.41, 5.74) is 2.50. The van der Waals surface area contributed by atoms with Gasteiger partial charge in [0.1, 0.15) is 12.3 Å². The lowest BCUT2D eigenvalue weighted by molar-refractivity contribution is -0.147. The Morgan fingerprint density at radius 1 is 1.03 bits per heavy atom. The molecule has 0 aliphatic rings. The number of nitrogens with one attached hydrogen (secondary N) is 3. The molecule has 0 saturated heterocycles. The van der Waals surface area contributed by atoms with Crippen LogP contribution in [-0.4, -0.2) is 49.6 Å². The predicted octanol–water partition coefficient (Wildman–Crippen LogP) is 1.81. The summed E-state index contributed by atoms with van der Waals surface area (Å²) in [5, 5.41) is 6.28. The van der Waals surface area contributed by atoms with Crippen LogP contribution in [0.15, 0.2) is 54.7 Å². The minimum atomic E-state index is -0.696. The smallest absolute Gasteiger partial charge is 0.325 e. The maximum Gasteiger partial charge on any atom is 0.325 e. The van der Waals surface area contributed by atoms with E-state index >= 15 is 0 Å². The Bertz CT molecular complexity index is 1040. The van der Waals surface area contributed by atoms with E-state index in [0.29, 0.717) is 24.3 Å². The monoisotopic (exact) mass is 409 g/mol. The molecule has 30 heavy (non-hydrogen) atoms. The van der Waals surface area contributed by atoms with Crippen LogP contribution in [0.5, 0.6) is 5.75 Å². The number of ether oxygens (including phenoxy) is 2. The molecule has 1 aromatic heterocycles. The van der Waals surface area contributed by atoms with Gasteiger partial charge in [-0.1, -0.05) is 24.3 Å². The lowest BCUT2D eigenvalue weighted by atomic mass is 10.1. The molecule has 3 rings (SSSR count). The molecule has 1 heterocycles. The highest BCUT2D eigenvalue weighted by molar-refractivity contribution is 5.96. The summed E-state index contributed by atoms with van der Waals surface area (Å²) in [7, 11) is 1.50. The Kier molecular flexibility index (Phi) is 7.05. The largest absolute Gasteiger partial charge is 0.497 e. The number of carbonyl (C=O) groups is 3. The second kappa shape index (κ2) is 10.1. The van der Waals surface area contributed by atoms with Gasteiger partial charge in [0.2, 0.25) is 0 Å². The highest BCUT2D eigenvalue weighted by Gasteiger charge is 2.11. The van der Waals surface area contributed by atoms with Crippen molar-refractivity contribution in [1.82, 2.24) is 15.6 Å². The zero-order chi connectivity index (χ0) is 21.3. The number of carbonyl (C=O) groups excluding carboxylic acids is 3. The summed E-state index contributed by atoms with van der Waals surface area (Å²) < 4.78 is 9.95. The van der Waals surface area contributed by atoms with Gasteiger partial charge < -0.3 is 25.1 Å². The molecule has 2 amide bonds. The molecule has 3 aromatic rings. The first kappa shape index (κ1) is 20.9. The number of benzene rings is 2.